The summed E-state index contributed by atoms with van der Waals surface area (Å²) in [6.45, 7) is 24.8. The van der Waals surface area contributed by atoms with Gasteiger partial charge in [-0.05, 0) is 105 Å². The van der Waals surface area contributed by atoms with E-state index in [2.05, 4.69) is 121 Å². The van der Waals surface area contributed by atoms with Crippen LogP contribution in [-0.2, 0) is 29.9 Å². The predicted octanol–water partition coefficient (Wildman–Crippen LogP) is 10.4. The first kappa shape index (κ1) is 49.6. The fraction of sp³-hybridized carbons (Fsp3) is 0.510. The molecule has 10 nitrogen and oxygen atoms in total. The van der Waals surface area contributed by atoms with Crippen LogP contribution in [0, 0.1) is 24.0 Å². The third-order valence-electron chi connectivity index (χ3n) is 11.0. The molecule has 0 radical (unpaired) electrons. The van der Waals surface area contributed by atoms with Gasteiger partial charge in [0.25, 0.3) is 5.69 Å². The van der Waals surface area contributed by atoms with Crippen LogP contribution < -0.4 is 5.32 Å². The number of ether oxygens (including phenoxy) is 2. The lowest BCUT2D eigenvalue weighted by Gasteiger charge is -2.30. The van der Waals surface area contributed by atoms with Crippen molar-refractivity contribution in [3.63, 3.8) is 0 Å². The van der Waals surface area contributed by atoms with Crippen LogP contribution in [0.3, 0.4) is 0 Å². The number of benzene rings is 3. The minimum atomic E-state index is -0.914. The molecule has 3 aromatic carbocycles. The van der Waals surface area contributed by atoms with Gasteiger partial charge in [-0.1, -0.05) is 77.9 Å². The van der Waals surface area contributed by atoms with Crippen LogP contribution in [0.25, 0.3) is 0 Å². The molecule has 4 rings (SSSR count). The first-order valence-corrected chi connectivity index (χ1v) is 23.3. The largest absolute Gasteiger partial charge is 0.462 e. The molecule has 0 aliphatic carbocycles. The number of nitro groups is 1. The van der Waals surface area contributed by atoms with Crippen molar-refractivity contribution in [1.82, 2.24) is 15.1 Å². The molecule has 0 amide bonds. The molecule has 332 valence electrons. The number of hydrogen-bond donors (Lipinski definition) is 1. The highest BCUT2D eigenvalue weighted by molar-refractivity contribution is 7.99. The molecule has 0 saturated carbocycles. The van der Waals surface area contributed by atoms with Crippen LogP contribution in [0.5, 0.6) is 0 Å². The first-order valence-electron chi connectivity index (χ1n) is 21.3. The molecule has 1 heterocycles. The summed E-state index contributed by atoms with van der Waals surface area (Å²) < 4.78 is 11.7. The lowest BCUT2D eigenvalue weighted by molar-refractivity contribution is -0.384. The average Bonchev–Trinajstić information content (AvgIpc) is 3.18. The number of aryl methyl sites for hydroxylation is 2. The molecular weight excluding hydrogens is 805 g/mol. The van der Waals surface area contributed by atoms with E-state index < -0.39 is 22.8 Å². The van der Waals surface area contributed by atoms with Crippen LogP contribution >= 0.6 is 23.5 Å². The summed E-state index contributed by atoms with van der Waals surface area (Å²) in [6.07, 6.45) is 1.24. The van der Waals surface area contributed by atoms with Crippen LogP contribution in [0.15, 0.2) is 93.0 Å². The van der Waals surface area contributed by atoms with E-state index in [1.54, 1.807) is 26.0 Å². The Morgan fingerprint density at radius 3 is 1.52 bits per heavy atom. The molecule has 61 heavy (non-hydrogen) atoms. The maximum absolute atomic E-state index is 13.9. The van der Waals surface area contributed by atoms with Gasteiger partial charge in [0.15, 0.2) is 0 Å². The quantitative estimate of drug-likeness (QED) is 0.0385. The molecule has 0 bridgehead atoms. The topological polar surface area (TPSA) is 114 Å². The Bertz CT molecular complexity index is 1970. The number of thioether (sulfide) groups is 2. The highest BCUT2D eigenvalue weighted by atomic mass is 32.2. The van der Waals surface area contributed by atoms with Gasteiger partial charge in [-0.2, -0.15) is 0 Å². The zero-order valence-corrected chi connectivity index (χ0v) is 40.2. The van der Waals surface area contributed by atoms with E-state index >= 15 is 0 Å². The van der Waals surface area contributed by atoms with Gasteiger partial charge >= 0.3 is 11.9 Å². The smallest absolute Gasteiger partial charge is 0.336 e. The van der Waals surface area contributed by atoms with Crippen molar-refractivity contribution in [2.75, 3.05) is 65.0 Å². The number of rotatable bonds is 20. The van der Waals surface area contributed by atoms with E-state index in [1.807, 2.05) is 23.5 Å². The van der Waals surface area contributed by atoms with Gasteiger partial charge in [0.05, 0.1) is 35.2 Å². The number of carbonyl (C=O) groups is 2. The number of esters is 2. The minimum absolute atomic E-state index is 0.116. The third-order valence-corrected chi connectivity index (χ3v) is 13.3. The van der Waals surface area contributed by atoms with Gasteiger partial charge in [0.1, 0.15) is 0 Å². The second-order valence-electron chi connectivity index (χ2n) is 18.2. The Hall–Kier alpha value is -4.10. The Labute approximate surface area is 373 Å². The predicted molar refractivity (Wildman–Crippen MR) is 252 cm³/mol. The van der Waals surface area contributed by atoms with E-state index in [4.69, 9.17) is 9.47 Å². The molecule has 12 heteroatoms. The van der Waals surface area contributed by atoms with Gasteiger partial charge < -0.3 is 24.6 Å². The average molecular weight is 873 g/mol. The van der Waals surface area contributed by atoms with Gasteiger partial charge in [-0.25, -0.2) is 9.59 Å². The van der Waals surface area contributed by atoms with Crippen LogP contribution in [0.1, 0.15) is 102 Å². The molecule has 3 aromatic rings. The molecule has 1 aliphatic rings. The third kappa shape index (κ3) is 14.5. The number of non-ortho nitro benzene ring substituents is 1. The number of dihydropyridines is 1. The molecule has 0 aromatic heterocycles. The van der Waals surface area contributed by atoms with Crippen molar-refractivity contribution in [3.05, 3.63) is 121 Å². The number of carbonyl (C=O) groups excluding carboxylic acids is 2. The summed E-state index contributed by atoms with van der Waals surface area (Å²) in [5, 5.41) is 15.0. The van der Waals surface area contributed by atoms with E-state index in [0.29, 0.717) is 29.8 Å². The highest BCUT2D eigenvalue weighted by Gasteiger charge is 2.38. The second-order valence-corrected chi connectivity index (χ2v) is 20.5. The van der Waals surface area contributed by atoms with Crippen LogP contribution in [0.4, 0.5) is 5.69 Å². The number of nitro benzene ring substituents is 1. The van der Waals surface area contributed by atoms with Gasteiger partial charge in [0.2, 0.25) is 0 Å². The number of nitrogens with one attached hydrogen (secondary N) is 1. The van der Waals surface area contributed by atoms with E-state index in [9.17, 15) is 19.7 Å². The van der Waals surface area contributed by atoms with Gasteiger partial charge in [0, 0.05) is 71.0 Å². The first-order chi connectivity index (χ1) is 28.7. The molecule has 0 fully saturated rings. The SMILES string of the molecule is CC1=C(C(=O)OCCCN(C)CCSc2ccc(C(C)(C)C)cc2C)C(c2cccc([N+](=O)[O-])c2)C(C(=O)OCCCN(C)CCSc2ccc(C(C)(C)C)cc2C)=C(C)N1. The number of nitrogens with zero attached hydrogens (tertiary/aromatic N) is 3. The van der Waals surface area contributed by atoms with Crippen LogP contribution in [0.2, 0.25) is 0 Å². The minimum Gasteiger partial charge on any atom is -0.462 e. The van der Waals surface area contributed by atoms with Crippen molar-refractivity contribution in [1.29, 1.82) is 0 Å². The molecule has 0 atom stereocenters. The van der Waals surface area contributed by atoms with Crippen molar-refractivity contribution in [3.8, 4) is 0 Å². The Balaban J connectivity index is 1.32. The summed E-state index contributed by atoms with van der Waals surface area (Å²) in [5.74, 6) is -0.203. The second kappa shape index (κ2) is 22.3. The fourth-order valence-corrected chi connectivity index (χ4v) is 9.39. The summed E-state index contributed by atoms with van der Waals surface area (Å²) >= 11 is 3.69. The van der Waals surface area contributed by atoms with Crippen molar-refractivity contribution < 1.29 is 24.0 Å². The monoisotopic (exact) mass is 872 g/mol. The Morgan fingerprint density at radius 1 is 0.689 bits per heavy atom. The molecule has 0 saturated heterocycles. The summed E-state index contributed by atoms with van der Waals surface area (Å²) in [6, 6.07) is 19.5. The van der Waals surface area contributed by atoms with E-state index in [1.165, 1.54) is 44.2 Å². The van der Waals surface area contributed by atoms with Crippen molar-refractivity contribution >= 4 is 41.1 Å². The maximum Gasteiger partial charge on any atom is 0.336 e. The van der Waals surface area contributed by atoms with Crippen molar-refractivity contribution in [2.24, 2.45) is 0 Å². The molecular formula is C49H68N4O6S2. The Morgan fingerprint density at radius 2 is 1.13 bits per heavy atom. The fourth-order valence-electron chi connectivity index (χ4n) is 7.24. The van der Waals surface area contributed by atoms with E-state index in [-0.39, 0.29) is 40.9 Å². The van der Waals surface area contributed by atoms with E-state index in [0.717, 1.165) is 37.7 Å². The Kier molecular flexibility index (Phi) is 18.1. The number of hydrogen-bond acceptors (Lipinski definition) is 11. The standard InChI is InChI=1S/C49H68N4O6S2/c1-33-30-38(48(5,6)7)18-20-41(33)60-28-24-51(11)22-14-26-58-46(54)43-35(3)50-36(4)44(45(43)37-16-13-17-40(32-37)53(56)57)47(55)59-27-15-23-52(12)25-29-61-42-21-19-39(31-34(42)2)49(8,9)10/h13,16-21,30-32,45,50H,14-15,22-29H2,1-12H3. The highest BCUT2D eigenvalue weighted by Crippen LogP contribution is 2.40. The van der Waals surface area contributed by atoms with Gasteiger partial charge in [-0.15, -0.1) is 23.5 Å². The van der Waals surface area contributed by atoms with Crippen LogP contribution in [-0.4, -0.2) is 91.7 Å². The lowest BCUT2D eigenvalue weighted by Crippen LogP contribution is -2.33. The lowest BCUT2D eigenvalue weighted by atomic mass is 9.80. The normalized spacial score (nSPS) is 13.9. The molecule has 1 aliphatic heterocycles. The maximum atomic E-state index is 13.9. The van der Waals surface area contributed by atoms with Crippen molar-refractivity contribution in [2.45, 2.75) is 109 Å². The molecule has 0 spiro atoms. The zero-order chi connectivity index (χ0) is 45.1. The molecule has 0 unspecified atom stereocenters. The summed E-state index contributed by atoms with van der Waals surface area (Å²) in [4.78, 5) is 46.2. The zero-order valence-electron chi connectivity index (χ0n) is 38.5. The molecule has 1 N–H and O–H groups in total. The van der Waals surface area contributed by atoms with Gasteiger partial charge in [-0.3, -0.25) is 10.1 Å². The summed E-state index contributed by atoms with van der Waals surface area (Å²) in [7, 11) is 4.12. The summed E-state index contributed by atoms with van der Waals surface area (Å²) in [5.41, 5.74) is 7.29. The number of allylic oxidation sites excluding steroid dienone is 2.